The van der Waals surface area contributed by atoms with Gasteiger partial charge >= 0.3 is 6.18 Å². The maximum atomic E-state index is 13.6. The van der Waals surface area contributed by atoms with Gasteiger partial charge in [-0.1, -0.05) is 12.1 Å². The van der Waals surface area contributed by atoms with Crippen molar-refractivity contribution >= 4 is 0 Å². The van der Waals surface area contributed by atoms with Crippen LogP contribution in [0.3, 0.4) is 0 Å². The number of hydrogen-bond acceptors (Lipinski definition) is 2. The monoisotopic (exact) mass is 260 g/mol. The molecule has 6 heteroatoms. The lowest BCUT2D eigenvalue weighted by Crippen LogP contribution is -2.24. The van der Waals surface area contributed by atoms with Gasteiger partial charge < -0.3 is 4.90 Å². The molecule has 0 heterocycles. The molecule has 1 rings (SSSR count). The van der Waals surface area contributed by atoms with Crippen molar-refractivity contribution in [3.8, 4) is 6.07 Å². The highest BCUT2D eigenvalue weighted by molar-refractivity contribution is 5.34. The summed E-state index contributed by atoms with van der Waals surface area (Å²) in [5.41, 5.74) is 0.121. The summed E-state index contributed by atoms with van der Waals surface area (Å²) < 4.78 is 49.7. The van der Waals surface area contributed by atoms with Crippen LogP contribution in [0.5, 0.6) is 0 Å². The van der Waals surface area contributed by atoms with E-state index >= 15 is 0 Å². The molecule has 0 aliphatic rings. The van der Waals surface area contributed by atoms with E-state index in [1.165, 1.54) is 30.1 Å². The van der Waals surface area contributed by atoms with Gasteiger partial charge in [-0.05, 0) is 13.1 Å². The number of nitriles is 1. The van der Waals surface area contributed by atoms with E-state index in [-0.39, 0.29) is 24.2 Å². The zero-order valence-corrected chi connectivity index (χ0v) is 9.76. The molecule has 0 radical (unpaired) electrons. The Bertz CT molecular complexity index is 448. The van der Waals surface area contributed by atoms with E-state index in [9.17, 15) is 17.6 Å². The van der Waals surface area contributed by atoms with Crippen molar-refractivity contribution < 1.29 is 17.6 Å². The van der Waals surface area contributed by atoms with Crippen LogP contribution < -0.4 is 0 Å². The van der Waals surface area contributed by atoms with Crippen molar-refractivity contribution in [2.24, 2.45) is 0 Å². The van der Waals surface area contributed by atoms with E-state index < -0.39 is 18.4 Å². The second kappa shape index (κ2) is 5.83. The van der Waals surface area contributed by atoms with E-state index in [0.717, 1.165) is 0 Å². The van der Waals surface area contributed by atoms with Gasteiger partial charge in [0.1, 0.15) is 11.9 Å². The summed E-state index contributed by atoms with van der Waals surface area (Å²) in [4.78, 5) is 1.37. The normalized spacial score (nSPS) is 11.6. The molecule has 0 spiro atoms. The minimum atomic E-state index is -4.22. The highest BCUT2D eigenvalue weighted by Gasteiger charge is 2.27. The molecule has 0 fully saturated rings. The first kappa shape index (κ1) is 14.5. The van der Waals surface area contributed by atoms with Gasteiger partial charge in [-0.2, -0.15) is 18.4 Å². The molecule has 0 aliphatic heterocycles. The maximum Gasteiger partial charge on any atom is 0.390 e. The molecule has 0 saturated heterocycles. The van der Waals surface area contributed by atoms with Crippen molar-refractivity contribution in [2.45, 2.75) is 19.1 Å². The van der Waals surface area contributed by atoms with E-state index in [1.807, 2.05) is 0 Å². The van der Waals surface area contributed by atoms with Crippen LogP contribution >= 0.6 is 0 Å². The average molecular weight is 260 g/mol. The third-order valence-corrected chi connectivity index (χ3v) is 2.42. The molecule has 0 bridgehead atoms. The smallest absolute Gasteiger partial charge is 0.302 e. The number of hydrogen-bond donors (Lipinski definition) is 0. The Kier molecular flexibility index (Phi) is 4.68. The molecule has 2 nitrogen and oxygen atoms in total. The van der Waals surface area contributed by atoms with E-state index in [4.69, 9.17) is 5.26 Å². The van der Waals surface area contributed by atoms with Crippen molar-refractivity contribution in [1.82, 2.24) is 4.90 Å². The van der Waals surface area contributed by atoms with Crippen molar-refractivity contribution in [3.63, 3.8) is 0 Å². The van der Waals surface area contributed by atoms with Crippen LogP contribution in [0.15, 0.2) is 18.2 Å². The highest BCUT2D eigenvalue weighted by atomic mass is 19.4. The molecule has 0 amide bonds. The van der Waals surface area contributed by atoms with Gasteiger partial charge in [-0.15, -0.1) is 0 Å². The summed E-state index contributed by atoms with van der Waals surface area (Å²) in [5, 5.41) is 8.63. The summed E-state index contributed by atoms with van der Waals surface area (Å²) in [6.45, 7) is -0.169. The van der Waals surface area contributed by atoms with Gasteiger partial charge in [0.25, 0.3) is 0 Å². The van der Waals surface area contributed by atoms with Crippen molar-refractivity contribution in [3.05, 3.63) is 35.1 Å². The quantitative estimate of drug-likeness (QED) is 0.778. The first-order valence-corrected chi connectivity index (χ1v) is 5.26. The second-order valence-electron chi connectivity index (χ2n) is 3.99. The summed E-state index contributed by atoms with van der Waals surface area (Å²) in [6.07, 6.45) is -5.16. The second-order valence-corrected chi connectivity index (χ2v) is 3.99. The summed E-state index contributed by atoms with van der Waals surface area (Å²) in [7, 11) is 1.48. The van der Waals surface area contributed by atoms with E-state index in [2.05, 4.69) is 0 Å². The fourth-order valence-corrected chi connectivity index (χ4v) is 1.48. The number of benzene rings is 1. The number of rotatable bonds is 4. The van der Waals surface area contributed by atoms with Gasteiger partial charge in [0.15, 0.2) is 0 Å². The first-order chi connectivity index (χ1) is 8.33. The van der Waals surface area contributed by atoms with Crippen LogP contribution in [0.4, 0.5) is 17.6 Å². The Morgan fingerprint density at radius 2 is 2.00 bits per heavy atom. The topological polar surface area (TPSA) is 27.0 Å². The largest absolute Gasteiger partial charge is 0.390 e. The average Bonchev–Trinajstić information content (AvgIpc) is 2.28. The van der Waals surface area contributed by atoms with Gasteiger partial charge in [-0.3, -0.25) is 0 Å². The highest BCUT2D eigenvalue weighted by Crippen LogP contribution is 2.20. The number of nitrogens with zero attached hydrogens (tertiary/aromatic N) is 2. The molecular weight excluding hydrogens is 248 g/mol. The van der Waals surface area contributed by atoms with Crippen LogP contribution in [-0.2, 0) is 6.54 Å². The summed E-state index contributed by atoms with van der Waals surface area (Å²) in [5.74, 6) is -0.668. The van der Waals surface area contributed by atoms with Crippen molar-refractivity contribution in [2.75, 3.05) is 13.6 Å². The predicted molar refractivity (Wildman–Crippen MR) is 58.1 cm³/mol. The minimum absolute atomic E-state index is 0.0391. The minimum Gasteiger partial charge on any atom is -0.302 e. The molecule has 1 aromatic carbocycles. The molecule has 0 saturated carbocycles. The predicted octanol–water partition coefficient (Wildman–Crippen LogP) is 3.08. The molecule has 0 aromatic heterocycles. The third kappa shape index (κ3) is 4.34. The lowest BCUT2D eigenvalue weighted by molar-refractivity contribution is -0.137. The Balaban J connectivity index is 2.65. The van der Waals surface area contributed by atoms with Crippen LogP contribution in [0.2, 0.25) is 0 Å². The zero-order valence-electron chi connectivity index (χ0n) is 9.76. The fourth-order valence-electron chi connectivity index (χ4n) is 1.48. The summed E-state index contributed by atoms with van der Waals surface area (Å²) >= 11 is 0. The molecule has 18 heavy (non-hydrogen) atoms. The van der Waals surface area contributed by atoms with Crippen LogP contribution in [0, 0.1) is 17.1 Å². The van der Waals surface area contributed by atoms with Gasteiger partial charge in [-0.25, -0.2) is 4.39 Å². The molecule has 0 N–H and O–H groups in total. The zero-order chi connectivity index (χ0) is 13.8. The van der Waals surface area contributed by atoms with Gasteiger partial charge in [0.05, 0.1) is 12.0 Å². The lowest BCUT2D eigenvalue weighted by Gasteiger charge is -2.18. The van der Waals surface area contributed by atoms with Crippen LogP contribution in [0.1, 0.15) is 17.5 Å². The standard InChI is InChI=1S/C12H12F4N2/c1-18(6-5-12(14,15)16)8-10-4-2-3-9(7-17)11(10)13/h2-4H,5-6,8H2,1H3. The Morgan fingerprint density at radius 1 is 1.33 bits per heavy atom. The lowest BCUT2D eigenvalue weighted by atomic mass is 10.1. The van der Waals surface area contributed by atoms with Gasteiger partial charge in [0.2, 0.25) is 0 Å². The van der Waals surface area contributed by atoms with E-state index in [0.29, 0.717) is 0 Å². The fraction of sp³-hybridized carbons (Fsp3) is 0.417. The van der Waals surface area contributed by atoms with Crippen molar-refractivity contribution in [1.29, 1.82) is 5.26 Å². The Morgan fingerprint density at radius 3 is 2.56 bits per heavy atom. The Labute approximate surface area is 102 Å². The maximum absolute atomic E-state index is 13.6. The van der Waals surface area contributed by atoms with Crippen LogP contribution in [0.25, 0.3) is 0 Å². The molecule has 1 aromatic rings. The third-order valence-electron chi connectivity index (χ3n) is 2.42. The Hall–Kier alpha value is -1.61. The van der Waals surface area contributed by atoms with Gasteiger partial charge in [0, 0.05) is 18.7 Å². The molecule has 0 unspecified atom stereocenters. The molecule has 0 atom stereocenters. The molecule has 98 valence electrons. The SMILES string of the molecule is CN(CCC(F)(F)F)Cc1cccc(C#N)c1F. The summed E-state index contributed by atoms with van der Waals surface area (Å²) in [6, 6.07) is 5.99. The van der Waals surface area contributed by atoms with E-state index in [1.54, 1.807) is 6.07 Å². The number of alkyl halides is 3. The molecule has 0 aliphatic carbocycles. The number of halogens is 4. The first-order valence-electron chi connectivity index (χ1n) is 5.26. The van der Waals surface area contributed by atoms with Crippen LogP contribution in [-0.4, -0.2) is 24.7 Å². The molecular formula is C12H12F4N2.